The molecule has 17 heavy (non-hydrogen) atoms. The van der Waals surface area contributed by atoms with Gasteiger partial charge in [-0.3, -0.25) is 4.79 Å². The monoisotopic (exact) mass is 227 g/mol. The van der Waals surface area contributed by atoms with Crippen LogP contribution in [0.3, 0.4) is 0 Å². The fourth-order valence-corrected chi connectivity index (χ4v) is 1.49. The zero-order valence-electron chi connectivity index (χ0n) is 9.51. The van der Waals surface area contributed by atoms with Crippen molar-refractivity contribution in [1.29, 1.82) is 0 Å². The third-order valence-electron chi connectivity index (χ3n) is 2.40. The van der Waals surface area contributed by atoms with E-state index in [0.717, 1.165) is 22.7 Å². The summed E-state index contributed by atoms with van der Waals surface area (Å²) in [5.74, 6) is 1.58. The van der Waals surface area contributed by atoms with Crippen LogP contribution in [0.4, 0.5) is 5.69 Å². The van der Waals surface area contributed by atoms with Crippen LogP contribution in [0.15, 0.2) is 48.5 Å². The Morgan fingerprint density at radius 3 is 2.41 bits per heavy atom. The average molecular weight is 227 g/mol. The minimum Gasteiger partial charge on any atom is -0.457 e. The summed E-state index contributed by atoms with van der Waals surface area (Å²) in [7, 11) is 0. The molecule has 0 spiro atoms. The molecule has 1 N–H and O–H groups in total. The third kappa shape index (κ3) is 2.84. The zero-order chi connectivity index (χ0) is 12.1. The highest BCUT2D eigenvalue weighted by molar-refractivity contribution is 5.71. The molecule has 3 nitrogen and oxygen atoms in total. The van der Waals surface area contributed by atoms with Crippen molar-refractivity contribution in [3.63, 3.8) is 0 Å². The summed E-state index contributed by atoms with van der Waals surface area (Å²) in [4.78, 5) is 10.3. The third-order valence-corrected chi connectivity index (χ3v) is 2.40. The number of carbonyl (C=O) groups excluding carboxylic acids is 1. The number of carbonyl (C=O) groups is 1. The lowest BCUT2D eigenvalue weighted by molar-refractivity contribution is -0.105. The van der Waals surface area contributed by atoms with Gasteiger partial charge in [0, 0.05) is 5.69 Å². The second-order valence-corrected chi connectivity index (χ2v) is 3.65. The Morgan fingerprint density at radius 1 is 1.06 bits per heavy atom. The number of ether oxygens (including phenoxy) is 1. The SMILES string of the molecule is Cc1ccccc1Oc1ccc(NC=O)cc1. The number of rotatable bonds is 4. The van der Waals surface area contributed by atoms with E-state index in [1.807, 2.05) is 43.3 Å². The van der Waals surface area contributed by atoms with Gasteiger partial charge in [-0.2, -0.15) is 0 Å². The molecule has 0 saturated heterocycles. The Morgan fingerprint density at radius 2 is 1.76 bits per heavy atom. The van der Waals surface area contributed by atoms with Crippen molar-refractivity contribution in [2.45, 2.75) is 6.92 Å². The predicted octanol–water partition coefficient (Wildman–Crippen LogP) is 3.36. The van der Waals surface area contributed by atoms with Gasteiger partial charge in [0.05, 0.1) is 0 Å². The van der Waals surface area contributed by atoms with E-state index in [1.165, 1.54) is 0 Å². The summed E-state index contributed by atoms with van der Waals surface area (Å²) in [6.45, 7) is 2.00. The van der Waals surface area contributed by atoms with E-state index >= 15 is 0 Å². The number of amides is 1. The summed E-state index contributed by atoms with van der Waals surface area (Å²) in [5, 5.41) is 2.57. The van der Waals surface area contributed by atoms with Gasteiger partial charge in [0.2, 0.25) is 6.41 Å². The molecular weight excluding hydrogens is 214 g/mol. The number of nitrogens with one attached hydrogen (secondary N) is 1. The smallest absolute Gasteiger partial charge is 0.211 e. The fraction of sp³-hybridized carbons (Fsp3) is 0.0714. The number of hydrogen-bond donors (Lipinski definition) is 1. The molecule has 0 fully saturated rings. The normalized spacial score (nSPS) is 9.71. The predicted molar refractivity (Wildman–Crippen MR) is 67.4 cm³/mol. The maximum Gasteiger partial charge on any atom is 0.211 e. The van der Waals surface area contributed by atoms with Gasteiger partial charge in [-0.1, -0.05) is 18.2 Å². The van der Waals surface area contributed by atoms with Crippen molar-refractivity contribution in [1.82, 2.24) is 0 Å². The van der Waals surface area contributed by atoms with E-state index in [4.69, 9.17) is 4.74 Å². The fourth-order valence-electron chi connectivity index (χ4n) is 1.49. The van der Waals surface area contributed by atoms with Crippen LogP contribution in [-0.4, -0.2) is 6.41 Å². The first kappa shape index (κ1) is 11.2. The van der Waals surface area contributed by atoms with Gasteiger partial charge in [0.25, 0.3) is 0 Å². The van der Waals surface area contributed by atoms with Crippen molar-refractivity contribution < 1.29 is 9.53 Å². The number of anilines is 1. The summed E-state index contributed by atoms with van der Waals surface area (Å²) >= 11 is 0. The lowest BCUT2D eigenvalue weighted by Gasteiger charge is -2.08. The van der Waals surface area contributed by atoms with E-state index in [9.17, 15) is 4.79 Å². The summed E-state index contributed by atoms with van der Waals surface area (Å²) in [5.41, 5.74) is 1.83. The lowest BCUT2D eigenvalue weighted by atomic mass is 10.2. The molecule has 3 heteroatoms. The lowest BCUT2D eigenvalue weighted by Crippen LogP contribution is -1.93. The molecule has 0 aliphatic rings. The minimum atomic E-state index is 0.650. The number of hydrogen-bond acceptors (Lipinski definition) is 2. The van der Waals surface area contributed by atoms with Crippen molar-refractivity contribution in [2.24, 2.45) is 0 Å². The Bertz CT molecular complexity index is 506. The number of para-hydroxylation sites is 1. The highest BCUT2D eigenvalue weighted by Gasteiger charge is 2.00. The molecular formula is C14H13NO2. The van der Waals surface area contributed by atoms with Crippen LogP contribution in [0.1, 0.15) is 5.56 Å². The number of aryl methyl sites for hydroxylation is 1. The molecule has 2 aromatic carbocycles. The Hall–Kier alpha value is -2.29. The second kappa shape index (κ2) is 5.16. The van der Waals surface area contributed by atoms with Crippen molar-refractivity contribution in [2.75, 3.05) is 5.32 Å². The van der Waals surface area contributed by atoms with Crippen LogP contribution >= 0.6 is 0 Å². The van der Waals surface area contributed by atoms with Crippen LogP contribution in [-0.2, 0) is 4.79 Å². The molecule has 0 aromatic heterocycles. The highest BCUT2D eigenvalue weighted by Crippen LogP contribution is 2.25. The molecule has 1 amide bonds. The maximum atomic E-state index is 10.3. The van der Waals surface area contributed by atoms with Crippen LogP contribution < -0.4 is 10.1 Å². The van der Waals surface area contributed by atoms with E-state index in [0.29, 0.717) is 6.41 Å². The second-order valence-electron chi connectivity index (χ2n) is 3.65. The van der Waals surface area contributed by atoms with Gasteiger partial charge >= 0.3 is 0 Å². The minimum absolute atomic E-state index is 0.650. The molecule has 0 saturated carbocycles. The zero-order valence-corrected chi connectivity index (χ0v) is 9.51. The molecule has 86 valence electrons. The van der Waals surface area contributed by atoms with Gasteiger partial charge in [-0.15, -0.1) is 0 Å². The van der Waals surface area contributed by atoms with Crippen molar-refractivity contribution in [3.8, 4) is 11.5 Å². The molecule has 0 bridgehead atoms. The van der Waals surface area contributed by atoms with E-state index in [-0.39, 0.29) is 0 Å². The van der Waals surface area contributed by atoms with E-state index in [2.05, 4.69) is 5.32 Å². The first-order valence-corrected chi connectivity index (χ1v) is 5.33. The first-order chi connectivity index (χ1) is 8.29. The number of benzene rings is 2. The Balaban J connectivity index is 2.14. The summed E-state index contributed by atoms with van der Waals surface area (Å²) < 4.78 is 5.73. The van der Waals surface area contributed by atoms with E-state index < -0.39 is 0 Å². The molecule has 0 atom stereocenters. The van der Waals surface area contributed by atoms with Crippen LogP contribution in [0, 0.1) is 6.92 Å². The van der Waals surface area contributed by atoms with Crippen molar-refractivity contribution >= 4 is 12.1 Å². The van der Waals surface area contributed by atoms with Gasteiger partial charge in [0.15, 0.2) is 0 Å². The Labute approximate surface area is 100 Å². The first-order valence-electron chi connectivity index (χ1n) is 5.33. The topological polar surface area (TPSA) is 38.3 Å². The summed E-state index contributed by atoms with van der Waals surface area (Å²) in [6.07, 6.45) is 0.650. The molecule has 0 aliphatic carbocycles. The maximum absolute atomic E-state index is 10.3. The molecule has 0 heterocycles. The van der Waals surface area contributed by atoms with Gasteiger partial charge in [-0.05, 0) is 42.8 Å². The standard InChI is InChI=1S/C14H13NO2/c1-11-4-2-3-5-14(11)17-13-8-6-12(7-9-13)15-10-16/h2-10H,1H3,(H,15,16). The molecule has 2 rings (SSSR count). The van der Waals surface area contributed by atoms with Crippen LogP contribution in [0.2, 0.25) is 0 Å². The van der Waals surface area contributed by atoms with Crippen LogP contribution in [0.25, 0.3) is 0 Å². The quantitative estimate of drug-likeness (QED) is 0.813. The molecule has 0 unspecified atom stereocenters. The molecule has 0 radical (unpaired) electrons. The van der Waals surface area contributed by atoms with Gasteiger partial charge in [0.1, 0.15) is 11.5 Å². The largest absolute Gasteiger partial charge is 0.457 e. The van der Waals surface area contributed by atoms with Gasteiger partial charge < -0.3 is 10.1 Å². The molecule has 0 aliphatic heterocycles. The summed E-state index contributed by atoms with van der Waals surface area (Å²) in [6, 6.07) is 15.1. The van der Waals surface area contributed by atoms with Crippen LogP contribution in [0.5, 0.6) is 11.5 Å². The highest BCUT2D eigenvalue weighted by atomic mass is 16.5. The van der Waals surface area contributed by atoms with Gasteiger partial charge in [-0.25, -0.2) is 0 Å². The van der Waals surface area contributed by atoms with E-state index in [1.54, 1.807) is 12.1 Å². The van der Waals surface area contributed by atoms with Crippen molar-refractivity contribution in [3.05, 3.63) is 54.1 Å². The molecule has 2 aromatic rings. The Kier molecular flexibility index (Phi) is 3.40. The average Bonchev–Trinajstić information content (AvgIpc) is 2.35.